The molecule has 1 N–H and O–H groups in total. The Morgan fingerprint density at radius 2 is 2.07 bits per heavy atom. The van der Waals surface area contributed by atoms with Crippen molar-refractivity contribution in [1.29, 1.82) is 0 Å². The maximum atomic E-state index is 12.5. The van der Waals surface area contributed by atoms with Crippen molar-refractivity contribution in [3.8, 4) is 5.75 Å². The smallest absolute Gasteiger partial charge is 0.234 e. The first-order chi connectivity index (χ1) is 13.0. The van der Waals surface area contributed by atoms with Crippen molar-refractivity contribution in [2.45, 2.75) is 45.8 Å². The van der Waals surface area contributed by atoms with Crippen LogP contribution in [0.4, 0.5) is 0 Å². The van der Waals surface area contributed by atoms with Gasteiger partial charge in [0.15, 0.2) is 0 Å². The molecule has 0 spiro atoms. The van der Waals surface area contributed by atoms with Crippen LogP contribution in [0.1, 0.15) is 42.5 Å². The highest BCUT2D eigenvalue weighted by Crippen LogP contribution is 2.20. The molecule has 0 aliphatic carbocycles. The molecule has 1 amide bonds. The van der Waals surface area contributed by atoms with Crippen LogP contribution in [0.3, 0.4) is 0 Å². The normalized spacial score (nSPS) is 16.7. The molecule has 0 bridgehead atoms. The first-order valence-electron chi connectivity index (χ1n) is 9.67. The molecule has 1 aliphatic rings. The molecule has 3 rings (SSSR count). The topological polar surface area (TPSA) is 54.5 Å². The number of nitrogens with zero attached hydrogens (tertiary/aromatic N) is 2. The van der Waals surface area contributed by atoms with Crippen molar-refractivity contribution in [1.82, 2.24) is 15.2 Å². The number of aromatic nitrogens is 1. The fourth-order valence-electron chi connectivity index (χ4n) is 3.59. The molecule has 144 valence electrons. The summed E-state index contributed by atoms with van der Waals surface area (Å²) in [5.41, 5.74) is 3.61. The summed E-state index contributed by atoms with van der Waals surface area (Å²) in [5.74, 6) is 0.895. The van der Waals surface area contributed by atoms with Gasteiger partial charge >= 0.3 is 0 Å². The molecule has 5 heteroatoms. The molecule has 1 aromatic carbocycles. The van der Waals surface area contributed by atoms with Gasteiger partial charge in [0.05, 0.1) is 18.8 Å². The zero-order valence-corrected chi connectivity index (χ0v) is 16.4. The monoisotopic (exact) mass is 367 g/mol. The number of piperidine rings is 1. The minimum atomic E-state index is 0.0175. The fraction of sp³-hybridized carbons (Fsp3) is 0.455. The molecule has 2 heterocycles. The average molecular weight is 367 g/mol. The molecule has 1 saturated heterocycles. The first-order valence-corrected chi connectivity index (χ1v) is 9.67. The van der Waals surface area contributed by atoms with Gasteiger partial charge in [-0.25, -0.2) is 0 Å². The van der Waals surface area contributed by atoms with Crippen molar-refractivity contribution >= 4 is 5.91 Å². The molecule has 1 atom stereocenters. The predicted octanol–water partition coefficient (Wildman–Crippen LogP) is 3.42. The average Bonchev–Trinajstić information content (AvgIpc) is 2.66. The Morgan fingerprint density at radius 3 is 2.78 bits per heavy atom. The van der Waals surface area contributed by atoms with Crippen LogP contribution in [-0.2, 0) is 4.79 Å². The number of pyridine rings is 1. The van der Waals surface area contributed by atoms with E-state index in [1.54, 1.807) is 12.4 Å². The van der Waals surface area contributed by atoms with Crippen molar-refractivity contribution in [2.75, 3.05) is 19.6 Å². The third-order valence-corrected chi connectivity index (χ3v) is 5.12. The summed E-state index contributed by atoms with van der Waals surface area (Å²) in [6.07, 6.45) is 5.54. The van der Waals surface area contributed by atoms with E-state index < -0.39 is 0 Å². The zero-order chi connectivity index (χ0) is 19.2. The minimum Gasteiger partial charge on any atom is -0.489 e. The van der Waals surface area contributed by atoms with E-state index in [0.29, 0.717) is 6.54 Å². The summed E-state index contributed by atoms with van der Waals surface area (Å²) < 4.78 is 5.97. The van der Waals surface area contributed by atoms with Gasteiger partial charge < -0.3 is 10.1 Å². The van der Waals surface area contributed by atoms with Crippen LogP contribution in [0.5, 0.6) is 5.75 Å². The van der Waals surface area contributed by atoms with E-state index in [4.69, 9.17) is 4.74 Å². The van der Waals surface area contributed by atoms with Crippen LogP contribution >= 0.6 is 0 Å². The van der Waals surface area contributed by atoms with Gasteiger partial charge in [-0.05, 0) is 56.9 Å². The van der Waals surface area contributed by atoms with Crippen LogP contribution in [0.2, 0.25) is 0 Å². The molecule has 2 aromatic rings. The number of amides is 1. The van der Waals surface area contributed by atoms with Crippen molar-refractivity contribution in [2.24, 2.45) is 0 Å². The van der Waals surface area contributed by atoms with Crippen LogP contribution in [-0.4, -0.2) is 41.5 Å². The second-order valence-corrected chi connectivity index (χ2v) is 7.43. The number of carbonyl (C=O) groups excluding carboxylic acids is 1. The Kier molecular flexibility index (Phi) is 6.45. The quantitative estimate of drug-likeness (QED) is 0.850. The summed E-state index contributed by atoms with van der Waals surface area (Å²) in [4.78, 5) is 18.8. The third kappa shape index (κ3) is 5.54. The summed E-state index contributed by atoms with van der Waals surface area (Å²) in [7, 11) is 0. The first kappa shape index (κ1) is 19.4. The lowest BCUT2D eigenvalue weighted by molar-refractivity contribution is -0.123. The molecule has 1 unspecified atom stereocenters. The van der Waals surface area contributed by atoms with Crippen LogP contribution in [0.15, 0.2) is 42.7 Å². The Bertz CT molecular complexity index is 755. The van der Waals surface area contributed by atoms with Crippen LogP contribution < -0.4 is 10.1 Å². The van der Waals surface area contributed by atoms with Crippen LogP contribution in [0, 0.1) is 13.8 Å². The number of aryl methyl sites for hydroxylation is 2. The van der Waals surface area contributed by atoms with E-state index in [0.717, 1.165) is 31.7 Å². The molecular weight excluding hydrogens is 338 g/mol. The summed E-state index contributed by atoms with van der Waals surface area (Å²) in [5, 5.41) is 3.14. The number of rotatable bonds is 6. The van der Waals surface area contributed by atoms with Crippen molar-refractivity contribution < 1.29 is 9.53 Å². The van der Waals surface area contributed by atoms with E-state index in [1.165, 1.54) is 16.7 Å². The van der Waals surface area contributed by atoms with Crippen molar-refractivity contribution in [3.63, 3.8) is 0 Å². The molecular formula is C22H29N3O2. The molecule has 5 nitrogen and oxygen atoms in total. The molecule has 1 aliphatic heterocycles. The van der Waals surface area contributed by atoms with Crippen molar-refractivity contribution in [3.05, 3.63) is 59.4 Å². The SMILES string of the molecule is Cc1ccc(C)c(C(C)NC(=O)CN2CCC(Oc3cccnc3)CC2)c1. The van der Waals surface area contributed by atoms with Gasteiger partial charge in [0.1, 0.15) is 11.9 Å². The number of benzene rings is 1. The number of nitrogens with one attached hydrogen (secondary N) is 1. The standard InChI is InChI=1S/C22H29N3O2/c1-16-6-7-17(2)21(13-16)18(3)24-22(26)15-25-11-8-19(9-12-25)27-20-5-4-10-23-14-20/h4-7,10,13-14,18-19H,8-9,11-12,15H2,1-3H3,(H,24,26). The largest absolute Gasteiger partial charge is 0.489 e. The number of hydrogen-bond donors (Lipinski definition) is 1. The van der Waals surface area contributed by atoms with E-state index in [1.807, 2.05) is 19.1 Å². The van der Waals surface area contributed by atoms with Gasteiger partial charge in [-0.3, -0.25) is 14.7 Å². The van der Waals surface area contributed by atoms with Gasteiger partial charge in [-0.1, -0.05) is 23.8 Å². The van der Waals surface area contributed by atoms with E-state index in [9.17, 15) is 4.79 Å². The maximum absolute atomic E-state index is 12.5. The lowest BCUT2D eigenvalue weighted by Gasteiger charge is -2.32. The highest BCUT2D eigenvalue weighted by molar-refractivity contribution is 5.78. The second kappa shape index (κ2) is 9.00. The van der Waals surface area contributed by atoms with E-state index in [2.05, 4.69) is 47.2 Å². The highest BCUT2D eigenvalue weighted by Gasteiger charge is 2.23. The Balaban J connectivity index is 1.44. The molecule has 0 radical (unpaired) electrons. The third-order valence-electron chi connectivity index (χ3n) is 5.12. The zero-order valence-electron chi connectivity index (χ0n) is 16.4. The maximum Gasteiger partial charge on any atom is 0.234 e. The summed E-state index contributed by atoms with van der Waals surface area (Å²) in [6, 6.07) is 10.2. The van der Waals surface area contributed by atoms with Gasteiger partial charge in [0.25, 0.3) is 0 Å². The Hall–Kier alpha value is -2.40. The summed E-state index contributed by atoms with van der Waals surface area (Å²) >= 11 is 0. The molecule has 1 aromatic heterocycles. The number of carbonyl (C=O) groups is 1. The summed E-state index contributed by atoms with van der Waals surface area (Å²) in [6.45, 7) is 8.40. The highest BCUT2D eigenvalue weighted by atomic mass is 16.5. The van der Waals surface area contributed by atoms with Gasteiger partial charge in [-0.2, -0.15) is 0 Å². The Morgan fingerprint density at radius 1 is 1.30 bits per heavy atom. The lowest BCUT2D eigenvalue weighted by Crippen LogP contribution is -2.44. The number of ether oxygens (including phenoxy) is 1. The van der Waals surface area contributed by atoms with E-state index in [-0.39, 0.29) is 18.1 Å². The van der Waals surface area contributed by atoms with Crippen LogP contribution in [0.25, 0.3) is 0 Å². The molecule has 1 fully saturated rings. The van der Waals surface area contributed by atoms with Gasteiger partial charge in [0.2, 0.25) is 5.91 Å². The molecule has 27 heavy (non-hydrogen) atoms. The molecule has 0 saturated carbocycles. The van der Waals surface area contributed by atoms with Gasteiger partial charge in [-0.15, -0.1) is 0 Å². The number of hydrogen-bond acceptors (Lipinski definition) is 4. The number of likely N-dealkylation sites (tertiary alicyclic amines) is 1. The second-order valence-electron chi connectivity index (χ2n) is 7.43. The fourth-order valence-corrected chi connectivity index (χ4v) is 3.59. The minimum absolute atomic E-state index is 0.0175. The Labute approximate surface area is 161 Å². The lowest BCUT2D eigenvalue weighted by atomic mass is 10.00. The predicted molar refractivity (Wildman–Crippen MR) is 107 cm³/mol. The van der Waals surface area contributed by atoms with E-state index >= 15 is 0 Å². The van der Waals surface area contributed by atoms with Gasteiger partial charge in [0, 0.05) is 19.3 Å².